The van der Waals surface area contributed by atoms with E-state index in [2.05, 4.69) is 44.5 Å². The molecule has 2 rings (SSSR count). The van der Waals surface area contributed by atoms with Gasteiger partial charge in [0.2, 0.25) is 5.88 Å². The second-order valence-electron chi connectivity index (χ2n) is 4.33. The van der Waals surface area contributed by atoms with E-state index in [0.29, 0.717) is 17.5 Å². The fraction of sp³-hybridized carbons (Fsp3) is 0.357. The van der Waals surface area contributed by atoms with Crippen LogP contribution in [-0.4, -0.2) is 22.1 Å². The van der Waals surface area contributed by atoms with E-state index in [1.54, 1.807) is 13.3 Å². The zero-order valence-corrected chi connectivity index (χ0v) is 14.3. The van der Waals surface area contributed by atoms with Crippen molar-refractivity contribution in [3.63, 3.8) is 0 Å². The third-order valence-electron chi connectivity index (χ3n) is 2.78. The number of aryl methyl sites for hydroxylation is 1. The molecule has 0 spiro atoms. The van der Waals surface area contributed by atoms with E-state index in [-0.39, 0.29) is 0 Å². The maximum absolute atomic E-state index is 6.17. The Balaban J connectivity index is 2.23. The average molecular weight is 404 g/mol. The van der Waals surface area contributed by atoms with Crippen LogP contribution in [0.5, 0.6) is 5.88 Å². The van der Waals surface area contributed by atoms with E-state index in [1.807, 2.05) is 12.1 Å². The monoisotopic (exact) mass is 403 g/mol. The highest BCUT2D eigenvalue weighted by Crippen LogP contribution is 2.21. The maximum Gasteiger partial charge on any atom is 0.212 e. The molecule has 0 unspecified atom stereocenters. The quantitative estimate of drug-likeness (QED) is 0.564. The summed E-state index contributed by atoms with van der Waals surface area (Å²) in [7, 11) is 1.60. The van der Waals surface area contributed by atoms with Gasteiger partial charge in [0.05, 0.1) is 16.4 Å². The van der Waals surface area contributed by atoms with E-state index in [0.717, 1.165) is 33.5 Å². The van der Waals surface area contributed by atoms with Gasteiger partial charge in [-0.1, -0.05) is 31.0 Å². The Morgan fingerprint density at radius 1 is 1.30 bits per heavy atom. The molecule has 20 heavy (non-hydrogen) atoms. The van der Waals surface area contributed by atoms with Crippen LogP contribution in [-0.2, 0) is 12.8 Å². The topological polar surface area (TPSA) is 47.9 Å². The smallest absolute Gasteiger partial charge is 0.212 e. The van der Waals surface area contributed by atoms with Gasteiger partial charge in [-0.3, -0.25) is 0 Å². The second-order valence-corrected chi connectivity index (χ2v) is 5.76. The molecule has 0 saturated heterocycles. The Hall–Kier alpha value is -0.950. The van der Waals surface area contributed by atoms with Crippen LogP contribution in [0.2, 0.25) is 5.15 Å². The lowest BCUT2D eigenvalue weighted by Gasteiger charge is -2.08. The minimum absolute atomic E-state index is 0.528. The van der Waals surface area contributed by atoms with Crippen molar-refractivity contribution in [2.75, 3.05) is 7.11 Å². The molecule has 6 heteroatoms. The van der Waals surface area contributed by atoms with Crippen molar-refractivity contribution in [1.82, 2.24) is 15.0 Å². The molecular weight excluding hydrogens is 389 g/mol. The zero-order valence-electron chi connectivity index (χ0n) is 11.4. The number of ether oxygens (including phenoxy) is 1. The number of aromatic nitrogens is 3. The van der Waals surface area contributed by atoms with Crippen molar-refractivity contribution in [1.29, 1.82) is 0 Å². The summed E-state index contributed by atoms with van der Waals surface area (Å²) in [5.74, 6) is 1.33. The Morgan fingerprint density at radius 2 is 2.10 bits per heavy atom. The third-order valence-corrected chi connectivity index (χ3v) is 4.51. The van der Waals surface area contributed by atoms with E-state index in [4.69, 9.17) is 16.3 Å². The van der Waals surface area contributed by atoms with Gasteiger partial charge in [-0.2, -0.15) is 0 Å². The summed E-state index contributed by atoms with van der Waals surface area (Å²) in [6.07, 6.45) is 4.33. The Labute approximate surface area is 137 Å². The molecule has 0 bridgehead atoms. The molecule has 106 valence electrons. The number of hydrogen-bond donors (Lipinski definition) is 0. The molecular formula is C14H15ClIN3O. The molecule has 0 N–H and O–H groups in total. The number of hydrogen-bond acceptors (Lipinski definition) is 4. The van der Waals surface area contributed by atoms with Crippen molar-refractivity contribution >= 4 is 34.2 Å². The first kappa shape index (κ1) is 15.4. The largest absolute Gasteiger partial charge is 0.481 e. The molecule has 2 heterocycles. The molecule has 0 aromatic carbocycles. The summed E-state index contributed by atoms with van der Waals surface area (Å²) in [4.78, 5) is 13.1. The molecule has 4 nitrogen and oxygen atoms in total. The van der Waals surface area contributed by atoms with Gasteiger partial charge >= 0.3 is 0 Å². The SMILES string of the molecule is CCCc1nc(Cc2ccc(OC)nc2)nc(Cl)c1I. The van der Waals surface area contributed by atoms with Crippen LogP contribution in [0.1, 0.15) is 30.4 Å². The fourth-order valence-electron chi connectivity index (χ4n) is 1.81. The normalized spacial score (nSPS) is 10.6. The van der Waals surface area contributed by atoms with Crippen LogP contribution in [0.4, 0.5) is 0 Å². The van der Waals surface area contributed by atoms with Gasteiger partial charge in [-0.25, -0.2) is 15.0 Å². The first-order chi connectivity index (χ1) is 9.63. The zero-order chi connectivity index (χ0) is 14.5. The van der Waals surface area contributed by atoms with Gasteiger partial charge in [0.25, 0.3) is 0 Å². The summed E-state index contributed by atoms with van der Waals surface area (Å²) in [6.45, 7) is 2.12. The Bertz CT molecular complexity index is 590. The number of methoxy groups -OCH3 is 1. The fourth-order valence-corrected chi connectivity index (χ4v) is 2.53. The Kier molecular flexibility index (Phi) is 5.54. The summed E-state index contributed by atoms with van der Waals surface area (Å²) in [5.41, 5.74) is 2.05. The van der Waals surface area contributed by atoms with Crippen molar-refractivity contribution < 1.29 is 4.74 Å². The highest BCUT2D eigenvalue weighted by molar-refractivity contribution is 14.1. The Morgan fingerprint density at radius 3 is 2.70 bits per heavy atom. The van der Waals surface area contributed by atoms with Crippen molar-refractivity contribution in [2.24, 2.45) is 0 Å². The molecule has 0 fully saturated rings. The predicted molar refractivity (Wildman–Crippen MR) is 87.3 cm³/mol. The highest BCUT2D eigenvalue weighted by Gasteiger charge is 2.10. The number of pyridine rings is 1. The summed E-state index contributed by atoms with van der Waals surface area (Å²) in [5, 5.41) is 0.528. The van der Waals surface area contributed by atoms with E-state index in [1.165, 1.54) is 0 Å². The van der Waals surface area contributed by atoms with Crippen LogP contribution in [0.15, 0.2) is 18.3 Å². The first-order valence-electron chi connectivity index (χ1n) is 6.33. The molecule has 0 amide bonds. The minimum atomic E-state index is 0.528. The lowest BCUT2D eigenvalue weighted by Crippen LogP contribution is -2.04. The maximum atomic E-state index is 6.17. The van der Waals surface area contributed by atoms with Gasteiger partial charge in [-0.15, -0.1) is 0 Å². The van der Waals surface area contributed by atoms with E-state index in [9.17, 15) is 0 Å². The second kappa shape index (κ2) is 7.17. The molecule has 0 radical (unpaired) electrons. The van der Waals surface area contributed by atoms with Gasteiger partial charge < -0.3 is 4.74 Å². The van der Waals surface area contributed by atoms with E-state index < -0.39 is 0 Å². The molecule has 2 aromatic heterocycles. The third kappa shape index (κ3) is 3.79. The minimum Gasteiger partial charge on any atom is -0.481 e. The molecule has 2 aromatic rings. The number of halogens is 2. The number of rotatable bonds is 5. The van der Waals surface area contributed by atoms with Crippen molar-refractivity contribution in [3.05, 3.63) is 44.1 Å². The average Bonchev–Trinajstić information content (AvgIpc) is 2.45. The standard InChI is InChI=1S/C14H15ClIN3O/c1-3-4-10-13(16)14(15)19-11(18-10)7-9-5-6-12(20-2)17-8-9/h5-6,8H,3-4,7H2,1-2H3. The van der Waals surface area contributed by atoms with Crippen molar-refractivity contribution in [3.8, 4) is 5.88 Å². The van der Waals surface area contributed by atoms with Gasteiger partial charge in [0.1, 0.15) is 11.0 Å². The molecule has 0 aliphatic heterocycles. The van der Waals surface area contributed by atoms with Gasteiger partial charge in [0.15, 0.2) is 0 Å². The van der Waals surface area contributed by atoms with Crippen molar-refractivity contribution in [2.45, 2.75) is 26.2 Å². The first-order valence-corrected chi connectivity index (χ1v) is 7.79. The molecule has 0 aliphatic rings. The predicted octanol–water partition coefficient (Wildman–Crippen LogP) is 3.68. The van der Waals surface area contributed by atoms with E-state index >= 15 is 0 Å². The number of nitrogens with zero attached hydrogens (tertiary/aromatic N) is 3. The molecule has 0 atom stereocenters. The summed E-state index contributed by atoms with van der Waals surface area (Å²) >= 11 is 8.37. The van der Waals surface area contributed by atoms with Crippen LogP contribution in [0.25, 0.3) is 0 Å². The van der Waals surface area contributed by atoms with Crippen LogP contribution < -0.4 is 4.74 Å². The lowest BCUT2D eigenvalue weighted by atomic mass is 10.2. The molecule has 0 saturated carbocycles. The van der Waals surface area contributed by atoms with Crippen LogP contribution >= 0.6 is 34.2 Å². The van der Waals surface area contributed by atoms with Gasteiger partial charge in [-0.05, 0) is 34.6 Å². The lowest BCUT2D eigenvalue weighted by molar-refractivity contribution is 0.397. The van der Waals surface area contributed by atoms with Crippen LogP contribution in [0.3, 0.4) is 0 Å². The summed E-state index contributed by atoms with van der Waals surface area (Å²) < 4.78 is 5.99. The highest BCUT2D eigenvalue weighted by atomic mass is 127. The summed E-state index contributed by atoms with van der Waals surface area (Å²) in [6, 6.07) is 3.79. The van der Waals surface area contributed by atoms with Crippen LogP contribution in [0, 0.1) is 3.57 Å². The molecule has 0 aliphatic carbocycles. The van der Waals surface area contributed by atoms with Gasteiger partial charge in [0, 0.05) is 18.7 Å².